The summed E-state index contributed by atoms with van der Waals surface area (Å²) >= 11 is 3.22. The van der Waals surface area contributed by atoms with Crippen LogP contribution in [-0.4, -0.2) is 44.1 Å². The molecule has 0 spiro atoms. The Morgan fingerprint density at radius 3 is 2.88 bits per heavy atom. The van der Waals surface area contributed by atoms with Crippen LogP contribution in [0.15, 0.2) is 45.8 Å². The Hall–Kier alpha value is -1.96. The van der Waals surface area contributed by atoms with Crippen LogP contribution in [0.4, 0.5) is 0 Å². The minimum Gasteiger partial charge on any atom is -0.497 e. The number of fused-ring (bicyclic) bond motifs is 1. The summed E-state index contributed by atoms with van der Waals surface area (Å²) in [6.07, 6.45) is 6.67. The standard InChI is InChI=1S/C12H17NO.C7H8BrN3O/c1-9-12-5-4-11(14-3)8-10(12)6-7-13(9)2;8-5-2-10-7(11-3-5)1-6(9)4-12/h4-5,8-9H,6-7H2,1-3H3;1-4,6,10H,9H2/b;7-1+. The van der Waals surface area contributed by atoms with Gasteiger partial charge in [0.15, 0.2) is 0 Å². The van der Waals surface area contributed by atoms with Crippen molar-refractivity contribution in [3.05, 3.63) is 51.9 Å². The van der Waals surface area contributed by atoms with Crippen LogP contribution in [0.2, 0.25) is 0 Å². The number of aldehydes is 1. The first-order valence-corrected chi connectivity index (χ1v) is 9.20. The lowest BCUT2D eigenvalue weighted by Gasteiger charge is -2.32. The first-order chi connectivity index (χ1) is 12.4. The Morgan fingerprint density at radius 2 is 2.27 bits per heavy atom. The molecule has 0 saturated carbocycles. The second kappa shape index (κ2) is 9.66. The number of nitrogens with one attached hydrogen (secondary N) is 1. The van der Waals surface area contributed by atoms with Crippen LogP contribution in [0, 0.1) is 0 Å². The number of carbonyl (C=O) groups excluding carboxylic acids is 1. The van der Waals surface area contributed by atoms with Gasteiger partial charge in [0.25, 0.3) is 0 Å². The molecule has 2 unspecified atom stereocenters. The molecule has 6 nitrogen and oxygen atoms in total. The van der Waals surface area contributed by atoms with E-state index in [4.69, 9.17) is 10.5 Å². The maximum absolute atomic E-state index is 10.2. The Bertz CT molecular complexity index is 730. The molecule has 7 heteroatoms. The van der Waals surface area contributed by atoms with Crippen molar-refractivity contribution in [1.29, 1.82) is 0 Å². The summed E-state index contributed by atoms with van der Waals surface area (Å²) in [5, 5.41) is 2.85. The Labute approximate surface area is 162 Å². The zero-order chi connectivity index (χ0) is 19.1. The van der Waals surface area contributed by atoms with Gasteiger partial charge in [0.2, 0.25) is 0 Å². The van der Waals surface area contributed by atoms with Gasteiger partial charge in [-0.05, 0) is 65.7 Å². The third kappa shape index (κ3) is 5.52. The number of hydrogen-bond acceptors (Lipinski definition) is 6. The molecule has 26 heavy (non-hydrogen) atoms. The van der Waals surface area contributed by atoms with E-state index in [-0.39, 0.29) is 0 Å². The van der Waals surface area contributed by atoms with Gasteiger partial charge in [0.1, 0.15) is 17.9 Å². The molecular formula is C19H25BrN4O2. The van der Waals surface area contributed by atoms with Crippen LogP contribution in [0.5, 0.6) is 5.75 Å². The fourth-order valence-electron chi connectivity index (χ4n) is 2.72. The maximum atomic E-state index is 10.2. The molecule has 0 saturated heterocycles. The van der Waals surface area contributed by atoms with Crippen LogP contribution >= 0.6 is 15.9 Å². The SMILES string of the molecule is COc1ccc2c(c1)CCN(C)C2C.NC(C=O)/C=C1/N=CC(Br)=CN1. The largest absolute Gasteiger partial charge is 0.497 e. The summed E-state index contributed by atoms with van der Waals surface area (Å²) in [6.45, 7) is 3.39. The molecule has 0 fully saturated rings. The highest BCUT2D eigenvalue weighted by atomic mass is 79.9. The van der Waals surface area contributed by atoms with Crippen molar-refractivity contribution in [3.8, 4) is 5.75 Å². The number of rotatable bonds is 3. The molecule has 0 amide bonds. The molecule has 0 bridgehead atoms. The van der Waals surface area contributed by atoms with Crippen LogP contribution in [0.25, 0.3) is 0 Å². The Balaban J connectivity index is 0.000000190. The maximum Gasteiger partial charge on any atom is 0.140 e. The number of allylic oxidation sites excluding steroid dienone is 1. The minimum absolute atomic E-state index is 0.532. The quantitative estimate of drug-likeness (QED) is 0.734. The summed E-state index contributed by atoms with van der Waals surface area (Å²) < 4.78 is 6.08. The van der Waals surface area contributed by atoms with E-state index in [1.54, 1.807) is 25.6 Å². The first kappa shape index (κ1) is 20.4. The van der Waals surface area contributed by atoms with Gasteiger partial charge in [-0.25, -0.2) is 4.99 Å². The van der Waals surface area contributed by atoms with Gasteiger partial charge in [0, 0.05) is 25.0 Å². The van der Waals surface area contributed by atoms with Crippen molar-refractivity contribution < 1.29 is 9.53 Å². The number of ether oxygens (including phenoxy) is 1. The second-order valence-corrected chi connectivity index (χ2v) is 7.08. The number of hydrogen-bond donors (Lipinski definition) is 2. The van der Waals surface area contributed by atoms with E-state index >= 15 is 0 Å². The van der Waals surface area contributed by atoms with E-state index in [1.807, 2.05) is 0 Å². The fourth-order valence-corrected chi connectivity index (χ4v) is 2.94. The molecule has 2 heterocycles. The fraction of sp³-hybridized carbons (Fsp3) is 0.368. The number of nitrogens with two attached hydrogens (primary N) is 1. The van der Waals surface area contributed by atoms with Crippen LogP contribution in [0.3, 0.4) is 0 Å². The predicted octanol–water partition coefficient (Wildman–Crippen LogP) is 2.51. The van der Waals surface area contributed by atoms with Crippen molar-refractivity contribution in [2.24, 2.45) is 10.7 Å². The highest BCUT2D eigenvalue weighted by Gasteiger charge is 2.20. The van der Waals surface area contributed by atoms with Gasteiger partial charge in [-0.1, -0.05) is 6.07 Å². The number of carbonyl (C=O) groups is 1. The zero-order valence-corrected chi connectivity index (χ0v) is 16.9. The van der Waals surface area contributed by atoms with E-state index in [2.05, 4.69) is 63.3 Å². The highest BCUT2D eigenvalue weighted by Crippen LogP contribution is 2.30. The Kier molecular flexibility index (Phi) is 7.56. The summed E-state index contributed by atoms with van der Waals surface area (Å²) in [6, 6.07) is 6.33. The van der Waals surface area contributed by atoms with Gasteiger partial charge in [0.05, 0.1) is 17.6 Å². The second-order valence-electron chi connectivity index (χ2n) is 6.17. The number of methoxy groups -OCH3 is 1. The van der Waals surface area contributed by atoms with Crippen LogP contribution < -0.4 is 15.8 Å². The first-order valence-electron chi connectivity index (χ1n) is 8.40. The lowest BCUT2D eigenvalue weighted by Crippen LogP contribution is -2.30. The van der Waals surface area contributed by atoms with Gasteiger partial charge >= 0.3 is 0 Å². The molecule has 140 valence electrons. The van der Waals surface area contributed by atoms with Crippen molar-refractivity contribution >= 4 is 28.4 Å². The van der Waals surface area contributed by atoms with Gasteiger partial charge in [-0.15, -0.1) is 0 Å². The zero-order valence-electron chi connectivity index (χ0n) is 15.3. The minimum atomic E-state index is -0.602. The van der Waals surface area contributed by atoms with Gasteiger partial charge < -0.3 is 20.6 Å². The average Bonchev–Trinajstić information content (AvgIpc) is 2.66. The van der Waals surface area contributed by atoms with Crippen molar-refractivity contribution in [2.75, 3.05) is 20.7 Å². The van der Waals surface area contributed by atoms with Crippen molar-refractivity contribution in [2.45, 2.75) is 25.4 Å². The van der Waals surface area contributed by atoms with E-state index in [1.165, 1.54) is 11.1 Å². The number of benzene rings is 1. The summed E-state index contributed by atoms with van der Waals surface area (Å²) in [5.74, 6) is 1.55. The molecule has 3 N–H and O–H groups in total. The van der Waals surface area contributed by atoms with Crippen molar-refractivity contribution in [3.63, 3.8) is 0 Å². The third-order valence-corrected chi connectivity index (χ3v) is 4.82. The summed E-state index contributed by atoms with van der Waals surface area (Å²) in [4.78, 5) is 16.5. The summed E-state index contributed by atoms with van der Waals surface area (Å²) in [5.41, 5.74) is 8.23. The molecule has 2 atom stereocenters. The van der Waals surface area contributed by atoms with E-state index in [0.717, 1.165) is 23.2 Å². The summed E-state index contributed by atoms with van der Waals surface area (Å²) in [7, 11) is 3.90. The molecule has 2 aliphatic rings. The molecule has 0 aliphatic carbocycles. The van der Waals surface area contributed by atoms with E-state index in [9.17, 15) is 4.79 Å². The molecular weight excluding hydrogens is 396 g/mol. The average molecular weight is 421 g/mol. The molecule has 0 aromatic heterocycles. The smallest absolute Gasteiger partial charge is 0.140 e. The van der Waals surface area contributed by atoms with E-state index < -0.39 is 6.04 Å². The number of likely N-dealkylation sites (N-methyl/N-ethyl adjacent to an activating group) is 1. The van der Waals surface area contributed by atoms with E-state index in [0.29, 0.717) is 18.1 Å². The molecule has 2 aliphatic heterocycles. The topological polar surface area (TPSA) is 80.0 Å². The lowest BCUT2D eigenvalue weighted by molar-refractivity contribution is -0.108. The third-order valence-electron chi connectivity index (χ3n) is 4.39. The van der Waals surface area contributed by atoms with Crippen LogP contribution in [0.1, 0.15) is 24.1 Å². The number of aliphatic imine (C=N–C) groups is 1. The Morgan fingerprint density at radius 1 is 1.50 bits per heavy atom. The molecule has 1 aromatic rings. The molecule has 0 radical (unpaired) electrons. The highest BCUT2D eigenvalue weighted by molar-refractivity contribution is 9.12. The predicted molar refractivity (Wildman–Crippen MR) is 109 cm³/mol. The number of nitrogens with zero attached hydrogens (tertiary/aromatic N) is 2. The number of halogens is 1. The molecule has 1 aromatic carbocycles. The van der Waals surface area contributed by atoms with Crippen LogP contribution in [-0.2, 0) is 11.2 Å². The molecule has 3 rings (SSSR count). The normalized spacial score (nSPS) is 21.7. The van der Waals surface area contributed by atoms with Gasteiger partial charge in [-0.2, -0.15) is 0 Å². The monoisotopic (exact) mass is 420 g/mol. The van der Waals surface area contributed by atoms with Crippen molar-refractivity contribution in [1.82, 2.24) is 10.2 Å². The van der Waals surface area contributed by atoms with Gasteiger partial charge in [-0.3, -0.25) is 4.90 Å². The lowest BCUT2D eigenvalue weighted by atomic mass is 9.94.